The molecule has 0 N–H and O–H groups in total. The highest BCUT2D eigenvalue weighted by molar-refractivity contribution is 6.22. The molecule has 0 bridgehead atoms. The van der Waals surface area contributed by atoms with Gasteiger partial charge in [-0.05, 0) is 119 Å². The van der Waals surface area contributed by atoms with E-state index in [0.717, 1.165) is 0 Å². The fourth-order valence-electron chi connectivity index (χ4n) is 5.70. The quantitative estimate of drug-likeness (QED) is 0.172. The van der Waals surface area contributed by atoms with Gasteiger partial charge < -0.3 is 4.42 Å². The van der Waals surface area contributed by atoms with E-state index in [-0.39, 0.29) is 0 Å². The average molecular weight is 653 g/mol. The lowest BCUT2D eigenvalue weighted by atomic mass is 9.84. The Bertz CT molecular complexity index is 4360. The minimum absolute atomic E-state index is 0.475. The van der Waals surface area contributed by atoms with Gasteiger partial charge in [0.15, 0.2) is 0 Å². The number of hydrogen-bond acceptors (Lipinski definition) is 1. The molecule has 0 amide bonds. The minimum Gasteiger partial charge on any atom is -0.456 e. The zero-order chi connectivity index (χ0) is 58.4. The highest BCUT2D eigenvalue weighted by atomic mass is 16.3. The fourth-order valence-corrected chi connectivity index (χ4v) is 5.70. The first-order chi connectivity index (χ1) is 36.8. The Hall–Kier alpha value is -6.44. The first-order valence-corrected chi connectivity index (χ1v) is 14.4. The van der Waals surface area contributed by atoms with Crippen LogP contribution in [0.4, 0.5) is 0 Å². The third-order valence-corrected chi connectivity index (χ3v) is 7.76. The second-order valence-electron chi connectivity index (χ2n) is 10.5. The van der Waals surface area contributed by atoms with Crippen LogP contribution in [0.15, 0.2) is 186 Å². The van der Waals surface area contributed by atoms with Crippen LogP contribution in [0.5, 0.6) is 0 Å². The predicted octanol–water partition coefficient (Wildman–Crippen LogP) is 13.7. The van der Waals surface area contributed by atoms with E-state index < -0.39 is 280 Å². The van der Waals surface area contributed by atoms with Crippen LogP contribution in [0.25, 0.3) is 98.8 Å². The van der Waals surface area contributed by atoms with Crippen LogP contribution in [0.1, 0.15) is 41.1 Å². The largest absolute Gasteiger partial charge is 0.456 e. The number of rotatable bonds is 4. The molecule has 49 heavy (non-hydrogen) atoms. The van der Waals surface area contributed by atoms with Gasteiger partial charge in [0.05, 0.1) is 41.1 Å². The van der Waals surface area contributed by atoms with Crippen molar-refractivity contribution >= 4 is 54.3 Å². The Morgan fingerprint density at radius 2 is 0.735 bits per heavy atom. The van der Waals surface area contributed by atoms with Gasteiger partial charge in [0.25, 0.3) is 0 Å². The van der Waals surface area contributed by atoms with Crippen LogP contribution in [0.3, 0.4) is 0 Å². The number of furan rings is 1. The molecule has 0 saturated carbocycles. The summed E-state index contributed by atoms with van der Waals surface area (Å²) in [5.74, 6) is 0. The molecule has 10 aromatic rings. The first kappa shape index (κ1) is 11.1. The van der Waals surface area contributed by atoms with Gasteiger partial charge in [-0.2, -0.15) is 0 Å². The third-order valence-electron chi connectivity index (χ3n) is 7.76. The average Bonchev–Trinajstić information content (AvgIpc) is 3.84. The fraction of sp³-hybridized carbons (Fsp3) is 0. The summed E-state index contributed by atoms with van der Waals surface area (Å²) in [7, 11) is 0. The molecule has 228 valence electrons. The van der Waals surface area contributed by atoms with Crippen molar-refractivity contribution in [3.8, 4) is 44.5 Å². The summed E-state index contributed by atoms with van der Waals surface area (Å²) >= 11 is 0. The molecule has 0 aliphatic carbocycles. The molecule has 1 aromatic heterocycles. The minimum atomic E-state index is -1.18. The monoisotopic (exact) mass is 652 g/mol. The normalized spacial score (nSPS) is 20.2. The van der Waals surface area contributed by atoms with E-state index in [2.05, 4.69) is 0 Å². The van der Waals surface area contributed by atoms with Gasteiger partial charge in [-0.1, -0.05) is 139 Å². The molecule has 0 aliphatic heterocycles. The Kier molecular flexibility index (Phi) is 2.50. The topological polar surface area (TPSA) is 13.1 Å². The van der Waals surface area contributed by atoms with E-state index in [1.165, 1.54) is 0 Å². The highest BCUT2D eigenvalue weighted by Crippen LogP contribution is 2.46. The van der Waals surface area contributed by atoms with Crippen LogP contribution < -0.4 is 0 Å². The number of fused-ring (bicyclic) bond motifs is 6. The van der Waals surface area contributed by atoms with E-state index >= 15 is 0 Å². The maximum Gasteiger partial charge on any atom is 0.136 e. The highest BCUT2D eigenvalue weighted by Gasteiger charge is 2.19. The van der Waals surface area contributed by atoms with Gasteiger partial charge in [0.1, 0.15) is 11.2 Å². The molecule has 1 nitrogen and oxygen atoms in total. The molecule has 0 fully saturated rings. The van der Waals surface area contributed by atoms with Gasteiger partial charge in [0.2, 0.25) is 0 Å². The molecule has 10 rings (SSSR count). The molecular formula is C48H30O. The third kappa shape index (κ3) is 4.55. The molecule has 0 unspecified atom stereocenters. The lowest BCUT2D eigenvalue weighted by molar-refractivity contribution is 0.669. The second-order valence-corrected chi connectivity index (χ2v) is 10.5. The smallest absolute Gasteiger partial charge is 0.136 e. The lowest BCUT2D eigenvalue weighted by Gasteiger charge is -2.19. The van der Waals surface area contributed by atoms with Crippen LogP contribution >= 0.6 is 0 Å². The molecule has 1 heterocycles. The molecule has 0 spiro atoms. The lowest BCUT2D eigenvalue weighted by Crippen LogP contribution is -1.92. The summed E-state index contributed by atoms with van der Waals surface area (Å²) < 4.78 is 277. The van der Waals surface area contributed by atoms with Gasteiger partial charge in [-0.25, -0.2) is 0 Å². The van der Waals surface area contributed by atoms with Gasteiger partial charge in [-0.15, -0.1) is 0 Å². The van der Waals surface area contributed by atoms with Crippen molar-refractivity contribution in [1.82, 2.24) is 0 Å². The Morgan fingerprint density at radius 3 is 1.31 bits per heavy atom. The van der Waals surface area contributed by atoms with Crippen LogP contribution in [0.2, 0.25) is 0 Å². The van der Waals surface area contributed by atoms with Crippen LogP contribution in [-0.2, 0) is 0 Å². The molecular weight excluding hydrogens is 593 g/mol. The van der Waals surface area contributed by atoms with Gasteiger partial charge in [0, 0.05) is 10.8 Å². The summed E-state index contributed by atoms with van der Waals surface area (Å²) in [5, 5.41) is -5.45. The van der Waals surface area contributed by atoms with E-state index in [4.69, 9.17) is 30.5 Å². The van der Waals surface area contributed by atoms with Crippen molar-refractivity contribution in [3.05, 3.63) is 181 Å². The molecule has 0 saturated heterocycles. The van der Waals surface area contributed by atoms with Crippen molar-refractivity contribution in [2.45, 2.75) is 0 Å². The molecule has 1 heteroatoms. The standard InChI is InChI=1S/C48H30O/c1-3-13-31(14-4-1)36-25-37(32-15-5-2-6-16-32)27-38(26-36)48-41-21-11-9-19-39(41)47(40-20-10-12-22-42(40)48)35-23-24-45-43(29-35)44-28-33-17-7-8-18-34(33)30-46(44)49-45/h1-30H/i1D,2D,3D,4D,5D,6D,7D,8D,9D,10D,11D,12D,13D,14D,15D,16D,17D,18D,19D,20D,21D,22D,23D,24D,25D,26D,27D,28D,29D,30D. The van der Waals surface area contributed by atoms with E-state index in [9.17, 15) is 15.1 Å². The Balaban J connectivity index is 1.54. The zero-order valence-electron chi connectivity index (χ0n) is 54.4. The number of benzene rings is 9. The Morgan fingerprint density at radius 1 is 0.286 bits per heavy atom. The maximum absolute atomic E-state index is 9.94. The summed E-state index contributed by atoms with van der Waals surface area (Å²) in [6.07, 6.45) is 0. The maximum atomic E-state index is 9.94. The summed E-state index contributed by atoms with van der Waals surface area (Å²) in [6.45, 7) is 0. The van der Waals surface area contributed by atoms with E-state index in [1.807, 2.05) is 0 Å². The predicted molar refractivity (Wildman–Crippen MR) is 208 cm³/mol. The summed E-state index contributed by atoms with van der Waals surface area (Å²) in [4.78, 5) is 0. The van der Waals surface area contributed by atoms with Gasteiger partial charge >= 0.3 is 0 Å². The van der Waals surface area contributed by atoms with E-state index in [0.29, 0.717) is 0 Å². The van der Waals surface area contributed by atoms with Crippen molar-refractivity contribution in [2.75, 3.05) is 0 Å². The van der Waals surface area contributed by atoms with Crippen molar-refractivity contribution in [1.29, 1.82) is 0 Å². The van der Waals surface area contributed by atoms with Crippen LogP contribution in [0, 0.1) is 0 Å². The summed E-state index contributed by atoms with van der Waals surface area (Å²) in [6, 6.07) is -29.7. The van der Waals surface area contributed by atoms with Crippen molar-refractivity contribution in [2.24, 2.45) is 0 Å². The molecule has 0 radical (unpaired) electrons. The van der Waals surface area contributed by atoms with Crippen molar-refractivity contribution < 1.29 is 45.5 Å². The SMILES string of the molecule is [2H]c1c([2H])c([2H])c(-c2c([2H])c(-c3c([2H])c([2H])c([2H])c([2H])c3[2H])c([2H])c(-c3c4c([2H])c([2H])c([2H])c([2H])c4c(-c4c([2H])c([2H])c5oc6c([2H])c7c([2H])c([2H])c([2H])c([2H])c7c([2H])c6c5c4[2H])c4c([2H])c([2H])c([2H])c([2H])c34)c2[2H])c([2H])c1[2H]. The zero-order valence-corrected chi connectivity index (χ0v) is 24.4. The Labute approximate surface area is 326 Å². The molecule has 0 atom stereocenters. The number of hydrogen-bond donors (Lipinski definition) is 0. The molecule has 0 aliphatic rings. The van der Waals surface area contributed by atoms with Crippen molar-refractivity contribution in [3.63, 3.8) is 0 Å². The molecule has 9 aromatic carbocycles. The van der Waals surface area contributed by atoms with Gasteiger partial charge in [-0.3, -0.25) is 0 Å². The first-order valence-electron chi connectivity index (χ1n) is 29.4. The summed E-state index contributed by atoms with van der Waals surface area (Å²) in [5.41, 5.74) is -8.56. The second kappa shape index (κ2) is 11.1. The van der Waals surface area contributed by atoms with Crippen LogP contribution in [-0.4, -0.2) is 0 Å². The van der Waals surface area contributed by atoms with E-state index in [1.54, 1.807) is 0 Å².